The zero-order valence-electron chi connectivity index (χ0n) is 20.7. The number of aromatic amines is 1. The Hall–Kier alpha value is -4.07. The summed E-state index contributed by atoms with van der Waals surface area (Å²) in [4.78, 5) is 30.7. The first kappa shape index (κ1) is 26.5. The lowest BCUT2D eigenvalue weighted by atomic mass is 10.0. The van der Waals surface area contributed by atoms with Crippen molar-refractivity contribution in [3.05, 3.63) is 89.7 Å². The topological polar surface area (TPSA) is 167 Å². The second kappa shape index (κ2) is 10.2. The summed E-state index contributed by atoms with van der Waals surface area (Å²) in [5, 5.41) is 1.63. The highest BCUT2D eigenvalue weighted by atomic mass is 32.2. The number of hydrogen-bond donors (Lipinski definition) is 4. The Morgan fingerprint density at radius 3 is 2.36 bits per heavy atom. The van der Waals surface area contributed by atoms with E-state index in [-0.39, 0.29) is 23.6 Å². The Balaban J connectivity index is 1.43. The number of amides is 2. The highest BCUT2D eigenvalue weighted by molar-refractivity contribution is 7.90. The molecule has 39 heavy (non-hydrogen) atoms. The number of carbonyl (C=O) groups is 2. The summed E-state index contributed by atoms with van der Waals surface area (Å²) in [6, 6.07) is 19.0. The van der Waals surface area contributed by atoms with Crippen LogP contribution in [0.3, 0.4) is 0 Å². The van der Waals surface area contributed by atoms with Gasteiger partial charge in [0.15, 0.2) is 0 Å². The van der Waals surface area contributed by atoms with Gasteiger partial charge in [-0.1, -0.05) is 36.4 Å². The number of hydrogen-bond acceptors (Lipinski definition) is 7. The molecule has 0 spiro atoms. The van der Waals surface area contributed by atoms with E-state index < -0.39 is 37.2 Å². The molecule has 0 aliphatic carbocycles. The van der Waals surface area contributed by atoms with Gasteiger partial charge in [-0.3, -0.25) is 14.3 Å². The number of anilines is 1. The number of carbonyl (C=O) groups excluding carboxylic acids is 2. The van der Waals surface area contributed by atoms with Gasteiger partial charge in [0.25, 0.3) is 0 Å². The van der Waals surface area contributed by atoms with Crippen LogP contribution in [0.2, 0.25) is 0 Å². The molecule has 0 radical (unpaired) electrons. The monoisotopic (exact) mass is 567 g/mol. The second-order valence-corrected chi connectivity index (χ2v) is 12.8. The molecular weight excluding hydrogens is 542 g/mol. The number of rotatable bonds is 8. The lowest BCUT2D eigenvalue weighted by molar-refractivity contribution is -0.118. The van der Waals surface area contributed by atoms with Gasteiger partial charge in [0, 0.05) is 12.6 Å². The van der Waals surface area contributed by atoms with Crippen LogP contribution in [0.15, 0.2) is 77.7 Å². The van der Waals surface area contributed by atoms with Crippen molar-refractivity contribution in [3.63, 3.8) is 0 Å². The third kappa shape index (κ3) is 5.85. The molecule has 4 N–H and O–H groups in total. The summed E-state index contributed by atoms with van der Waals surface area (Å²) < 4.78 is 55.9. The third-order valence-electron chi connectivity index (χ3n) is 6.31. The van der Waals surface area contributed by atoms with E-state index >= 15 is 0 Å². The molecule has 1 aromatic heterocycles. The Morgan fingerprint density at radius 1 is 1.05 bits per heavy atom. The van der Waals surface area contributed by atoms with Gasteiger partial charge in [-0.15, -0.1) is 0 Å². The molecule has 2 amide bonds. The van der Waals surface area contributed by atoms with E-state index in [9.17, 15) is 26.4 Å². The number of para-hydroxylation sites is 2. The van der Waals surface area contributed by atoms with Gasteiger partial charge in [-0.25, -0.2) is 26.5 Å². The van der Waals surface area contributed by atoms with Crippen LogP contribution >= 0.6 is 0 Å². The minimum Gasteiger partial charge on any atom is -0.341 e. The predicted octanol–water partition coefficient (Wildman–Crippen LogP) is 2.67. The molecule has 202 valence electrons. The van der Waals surface area contributed by atoms with Crippen LogP contribution in [0.4, 0.5) is 5.69 Å². The summed E-state index contributed by atoms with van der Waals surface area (Å²) in [5.41, 5.74) is 3.09. The number of nitrogens with one attached hydrogen (secondary N) is 4. The smallest absolute Gasteiger partial charge is 0.242 e. The molecule has 0 saturated carbocycles. The maximum Gasteiger partial charge on any atom is 0.242 e. The summed E-state index contributed by atoms with van der Waals surface area (Å²) >= 11 is 0. The minimum absolute atomic E-state index is 0.0108. The SMILES string of the molecule is CC(=O)Nc1ccc(S(=O)(=O)N[C@@H](Cc2ccc(C3CC(=O)NS3(=O)=O)cc2)c2nc3ccccc3[nH]2)cc1. The highest BCUT2D eigenvalue weighted by Gasteiger charge is 2.37. The fourth-order valence-corrected chi connectivity index (χ4v) is 7.09. The molecule has 0 bridgehead atoms. The van der Waals surface area contributed by atoms with Crippen LogP contribution in [0.5, 0.6) is 0 Å². The van der Waals surface area contributed by atoms with Crippen LogP contribution in [0.25, 0.3) is 11.0 Å². The fraction of sp³-hybridized carbons (Fsp3) is 0.192. The van der Waals surface area contributed by atoms with E-state index in [1.54, 1.807) is 24.3 Å². The van der Waals surface area contributed by atoms with Crippen molar-refractivity contribution in [3.8, 4) is 0 Å². The second-order valence-electron chi connectivity index (χ2n) is 9.23. The Kier molecular flexibility index (Phi) is 6.97. The molecule has 13 heteroatoms. The largest absolute Gasteiger partial charge is 0.341 e. The first-order valence-corrected chi connectivity index (χ1v) is 15.0. The third-order valence-corrected chi connectivity index (χ3v) is 9.50. The van der Waals surface area contributed by atoms with Crippen LogP contribution in [0, 0.1) is 0 Å². The Bertz CT molecular complexity index is 1730. The molecule has 1 unspecified atom stereocenters. The first-order valence-electron chi connectivity index (χ1n) is 12.0. The summed E-state index contributed by atoms with van der Waals surface area (Å²) in [5.74, 6) is -0.409. The van der Waals surface area contributed by atoms with Crippen molar-refractivity contribution >= 4 is 48.6 Å². The molecule has 1 saturated heterocycles. The van der Waals surface area contributed by atoms with Gasteiger partial charge in [-0.2, -0.15) is 0 Å². The zero-order valence-corrected chi connectivity index (χ0v) is 22.3. The maximum atomic E-state index is 13.3. The number of fused-ring (bicyclic) bond motifs is 1. The molecule has 2 atom stereocenters. The summed E-state index contributed by atoms with van der Waals surface area (Å²) in [6.45, 7) is 1.36. The van der Waals surface area contributed by atoms with Crippen molar-refractivity contribution in [2.24, 2.45) is 0 Å². The molecule has 1 aliphatic rings. The van der Waals surface area contributed by atoms with Crippen molar-refractivity contribution < 1.29 is 26.4 Å². The van der Waals surface area contributed by atoms with Crippen molar-refractivity contribution in [1.29, 1.82) is 0 Å². The first-order chi connectivity index (χ1) is 18.5. The van der Waals surface area contributed by atoms with Crippen LogP contribution in [0.1, 0.15) is 41.6 Å². The maximum absolute atomic E-state index is 13.3. The number of sulfonamides is 2. The van der Waals surface area contributed by atoms with E-state index in [1.165, 1.54) is 31.2 Å². The van der Waals surface area contributed by atoms with E-state index in [0.717, 1.165) is 11.1 Å². The minimum atomic E-state index is -4.00. The number of H-pyrrole nitrogens is 1. The Labute approximate surface area is 225 Å². The van der Waals surface area contributed by atoms with Gasteiger partial charge >= 0.3 is 0 Å². The molecule has 5 rings (SSSR count). The molecule has 1 aliphatic heterocycles. The van der Waals surface area contributed by atoms with Crippen molar-refractivity contribution in [2.45, 2.75) is 36.0 Å². The number of aromatic nitrogens is 2. The zero-order chi connectivity index (χ0) is 27.8. The van der Waals surface area contributed by atoms with Crippen molar-refractivity contribution in [1.82, 2.24) is 19.4 Å². The highest BCUT2D eigenvalue weighted by Crippen LogP contribution is 2.31. The quantitative estimate of drug-likeness (QED) is 0.254. The molecule has 4 aromatic rings. The lowest BCUT2D eigenvalue weighted by Gasteiger charge is -2.18. The van der Waals surface area contributed by atoms with Gasteiger partial charge in [0.1, 0.15) is 11.1 Å². The predicted molar refractivity (Wildman–Crippen MR) is 144 cm³/mol. The summed E-state index contributed by atoms with van der Waals surface area (Å²) in [6.07, 6.45) is 0.0573. The van der Waals surface area contributed by atoms with Gasteiger partial charge in [-0.05, 0) is 53.9 Å². The molecule has 2 heterocycles. The molecule has 1 fully saturated rings. The average molecular weight is 568 g/mol. The fourth-order valence-electron chi connectivity index (χ4n) is 4.46. The number of nitrogens with zero attached hydrogens (tertiary/aromatic N) is 1. The van der Waals surface area contributed by atoms with E-state index in [2.05, 4.69) is 20.0 Å². The van der Waals surface area contributed by atoms with Gasteiger partial charge in [0.2, 0.25) is 31.9 Å². The Morgan fingerprint density at radius 2 is 1.74 bits per heavy atom. The molecular formula is C26H25N5O6S2. The van der Waals surface area contributed by atoms with Crippen LogP contribution < -0.4 is 14.8 Å². The number of benzene rings is 3. The number of imidazole rings is 1. The van der Waals surface area contributed by atoms with Crippen LogP contribution in [-0.2, 0) is 36.1 Å². The van der Waals surface area contributed by atoms with Gasteiger partial charge < -0.3 is 10.3 Å². The van der Waals surface area contributed by atoms with Crippen LogP contribution in [-0.4, -0.2) is 38.6 Å². The van der Waals surface area contributed by atoms with Crippen molar-refractivity contribution in [2.75, 3.05) is 5.32 Å². The van der Waals surface area contributed by atoms with E-state index in [4.69, 9.17) is 0 Å². The molecule has 3 aromatic carbocycles. The summed E-state index contributed by atoms with van der Waals surface area (Å²) in [7, 11) is -7.78. The standard InChI is InChI=1S/C26H25N5O6S2/c1-16(32)27-19-10-12-20(13-11-19)38(34,35)30-23(26-28-21-4-2-3-5-22(21)29-26)14-17-6-8-18(9-7-17)24-15-25(33)31-39(24,36)37/h2-13,23-24,30H,14-15H2,1H3,(H,27,32)(H,28,29)(H,31,33)/t23-,24?/m0/s1. The van der Waals surface area contributed by atoms with E-state index in [1.807, 2.05) is 29.0 Å². The average Bonchev–Trinajstić information content (AvgIpc) is 3.43. The van der Waals surface area contributed by atoms with E-state index in [0.29, 0.717) is 22.6 Å². The normalized spacial score (nSPS) is 17.6. The molecule has 11 nitrogen and oxygen atoms in total. The lowest BCUT2D eigenvalue weighted by Crippen LogP contribution is -2.31. The van der Waals surface area contributed by atoms with Gasteiger partial charge in [0.05, 0.1) is 28.4 Å².